The molecule has 0 amide bonds. The fourth-order valence-electron chi connectivity index (χ4n) is 11.6. The van der Waals surface area contributed by atoms with Gasteiger partial charge in [-0.2, -0.15) is 71.1 Å². The molecule has 0 aromatic rings. The van der Waals surface area contributed by atoms with Gasteiger partial charge in [0.15, 0.2) is 18.4 Å². The smallest absolute Gasteiger partial charge is 0.376 e. The van der Waals surface area contributed by atoms with Crippen LogP contribution >= 0.6 is 0 Å². The lowest BCUT2D eigenvalue weighted by molar-refractivity contribution is -0.209. The van der Waals surface area contributed by atoms with Gasteiger partial charge in [-0.25, -0.2) is 4.39 Å². The fraction of sp³-hybridized carbons (Fsp3) is 0.685. The molecule has 0 aromatic heterocycles. The summed E-state index contributed by atoms with van der Waals surface area (Å²) in [5.41, 5.74) is 0. The van der Waals surface area contributed by atoms with Crippen molar-refractivity contribution in [3.63, 3.8) is 0 Å². The minimum Gasteiger partial charge on any atom is -0.376 e. The van der Waals surface area contributed by atoms with Crippen LogP contribution in [-0.4, -0.2) is 366 Å². The monoisotopic (exact) mass is 1450 g/mol. The third-order valence-electron chi connectivity index (χ3n) is 16.9. The number of nitrogens with zero attached hydrogens (tertiary/aromatic N) is 26. The molecule has 7 aliphatic rings. The van der Waals surface area contributed by atoms with Crippen LogP contribution in [0.1, 0.15) is 33.1 Å². The van der Waals surface area contributed by atoms with Gasteiger partial charge in [0.1, 0.15) is 12.8 Å². The van der Waals surface area contributed by atoms with Crippen LogP contribution in [0.5, 0.6) is 0 Å². The first-order valence-corrected chi connectivity index (χ1v) is 34.4. The van der Waals surface area contributed by atoms with E-state index in [1.807, 2.05) is 61.8 Å². The molecule has 7 heterocycles. The molecule has 4 atom stereocenters. The molecule has 0 bridgehead atoms. The number of hydrogen-bond donors (Lipinski definition) is 0. The Morgan fingerprint density at radius 1 is 0.381 bits per heavy atom. The SMILES string of the molecule is C#CC(C#N)N1CCN(C(C#N)C#N)CC1.C#CCCN1CN(CCC#N)CN(CCC#N)C1.C#CCN1CCN(CC#N)C(C)C1.C#CCN1CCN(CC#N)C(F)C1.C#CCN1CCN(CC#N)C(OCC(F)(F)F)C1.C#CCN1CCN(CC#N)CC1.CCOC1CN(CC#N)CN(CC#N)C1. The number of nitriles is 11. The Morgan fingerprint density at radius 3 is 1.15 bits per heavy atom. The van der Waals surface area contributed by atoms with Gasteiger partial charge in [-0.05, 0) is 13.8 Å². The van der Waals surface area contributed by atoms with Crippen molar-refractivity contribution >= 4 is 0 Å². The number of terminal acetylenes is 6. The minimum atomic E-state index is -4.37. The number of piperazine rings is 5. The van der Waals surface area contributed by atoms with Crippen LogP contribution in [-0.2, 0) is 9.47 Å². The largest absolute Gasteiger partial charge is 0.411 e. The van der Waals surface area contributed by atoms with Crippen molar-refractivity contribution in [2.75, 3.05) is 249 Å². The van der Waals surface area contributed by atoms with Crippen molar-refractivity contribution in [3.8, 4) is 141 Å². The van der Waals surface area contributed by atoms with Crippen molar-refractivity contribution in [1.29, 1.82) is 57.9 Å². The molecular formula is C73H100F4N26O2. The van der Waals surface area contributed by atoms with E-state index in [0.29, 0.717) is 124 Å². The second-order valence-electron chi connectivity index (χ2n) is 24.6. The molecule has 4 unspecified atom stereocenters. The van der Waals surface area contributed by atoms with E-state index in [9.17, 15) is 17.6 Å². The summed E-state index contributed by atoms with van der Waals surface area (Å²) in [6, 6.07) is 21.9. The Morgan fingerprint density at radius 2 is 0.752 bits per heavy atom. The molecule has 28 nitrogen and oxygen atoms in total. The van der Waals surface area contributed by atoms with Gasteiger partial charge in [-0.1, -0.05) is 29.6 Å². The summed E-state index contributed by atoms with van der Waals surface area (Å²) in [5, 5.41) is 94.8. The first-order chi connectivity index (χ1) is 50.7. The zero-order chi connectivity index (χ0) is 78.1. The first-order valence-electron chi connectivity index (χ1n) is 34.4. The topological polar surface area (TPSA) is 329 Å². The highest BCUT2D eigenvalue weighted by molar-refractivity contribution is 5.14. The Hall–Kier alpha value is -9.21. The van der Waals surface area contributed by atoms with Gasteiger partial charge in [-0.15, -0.1) is 44.5 Å². The third kappa shape index (κ3) is 41.2. The first kappa shape index (κ1) is 93.8. The van der Waals surface area contributed by atoms with Crippen LogP contribution in [0.15, 0.2) is 0 Å². The predicted molar refractivity (Wildman–Crippen MR) is 385 cm³/mol. The summed E-state index contributed by atoms with van der Waals surface area (Å²) < 4.78 is 60.0. The van der Waals surface area contributed by atoms with Gasteiger partial charge >= 0.3 is 6.18 Å². The van der Waals surface area contributed by atoms with Crippen molar-refractivity contribution in [2.45, 2.75) is 76.0 Å². The standard InChI is InChI=1S/C13H19N5.C11H14F3N3O.C11H11N5.C10H16N4O.C10H15N3.C9H12FN3.C9H13N3/c1-2-3-8-16-11-17(9-4-6-14)13-18(12-16)10-5-7-15;1-2-4-16-6-7-17(5-3-15)10(8-16)18-9-11(12,13)14;1-2-10(7-12)15-3-5-16(6-4-15)11(8-13)9-14;1-2-15-10-7-13(5-3-11)9-14(8-10)6-4-12;1-3-5-12-7-8-13(6-4-11)10(2)9-12;1-2-4-12-6-7-13(5-3-11)9(10)8-12;1-2-4-11-6-8-12(5-3-10)9-7-11/h1H,3-5,8-13H2;1,10H,4-9H2;1,10-11H,3-6H2;10H,2,5-9H2,1H3;1,10H,5-9H2,2H3;1,9H,4-8H2;1H,4-9H2. The number of halogens is 4. The van der Waals surface area contributed by atoms with E-state index in [0.717, 1.165) is 125 Å². The molecular weight excluding hydrogens is 1350 g/mol. The summed E-state index contributed by atoms with van der Waals surface area (Å²) in [4.78, 5) is 30.0. The van der Waals surface area contributed by atoms with Crippen LogP contribution in [0.2, 0.25) is 0 Å². The summed E-state index contributed by atoms with van der Waals surface area (Å²) in [7, 11) is 0. The van der Waals surface area contributed by atoms with Crippen molar-refractivity contribution in [1.82, 2.24) is 73.5 Å². The maximum atomic E-state index is 13.3. The van der Waals surface area contributed by atoms with E-state index < -0.39 is 37.4 Å². The van der Waals surface area contributed by atoms with Gasteiger partial charge in [0, 0.05) is 176 Å². The third-order valence-corrected chi connectivity index (χ3v) is 16.9. The highest BCUT2D eigenvalue weighted by Gasteiger charge is 2.34. The normalized spacial score (nSPS) is 21.1. The lowest BCUT2D eigenvalue weighted by Crippen LogP contribution is -2.55. The number of hydrogen-bond acceptors (Lipinski definition) is 28. The van der Waals surface area contributed by atoms with Crippen LogP contribution in [0.25, 0.3) is 0 Å². The van der Waals surface area contributed by atoms with Crippen LogP contribution < -0.4 is 0 Å². The Balaban J connectivity index is 0.000000615. The Kier molecular flexibility index (Phi) is 51.9. The molecule has 0 spiro atoms. The zero-order valence-corrected chi connectivity index (χ0v) is 60.9. The summed E-state index contributed by atoms with van der Waals surface area (Å²) in [6.07, 6.45) is 27.0. The molecule has 7 aliphatic heterocycles. The molecule has 0 radical (unpaired) electrons. The van der Waals surface area contributed by atoms with Crippen molar-refractivity contribution in [3.05, 3.63) is 0 Å². The number of alkyl halides is 4. The van der Waals surface area contributed by atoms with Gasteiger partial charge in [0.2, 0.25) is 0 Å². The highest BCUT2D eigenvalue weighted by Crippen LogP contribution is 2.19. The zero-order valence-electron chi connectivity index (χ0n) is 60.9. The molecule has 7 rings (SSSR count). The predicted octanol–water partition coefficient (Wildman–Crippen LogP) is 0.820. The van der Waals surface area contributed by atoms with Gasteiger partial charge in [0.05, 0.1) is 165 Å². The molecule has 0 N–H and O–H groups in total. The average Bonchev–Trinajstić information content (AvgIpc) is 0.870. The van der Waals surface area contributed by atoms with E-state index in [1.165, 1.54) is 4.90 Å². The maximum Gasteiger partial charge on any atom is 0.411 e. The van der Waals surface area contributed by atoms with E-state index in [4.69, 9.17) is 106 Å². The molecule has 105 heavy (non-hydrogen) atoms. The second-order valence-corrected chi connectivity index (χ2v) is 24.6. The van der Waals surface area contributed by atoms with Crippen molar-refractivity contribution in [2.24, 2.45) is 0 Å². The van der Waals surface area contributed by atoms with Gasteiger partial charge in [0.25, 0.3) is 0 Å². The molecule has 7 saturated heterocycles. The Bertz CT molecular complexity index is 3020. The molecule has 562 valence electrons. The van der Waals surface area contributed by atoms with Crippen LogP contribution in [0.4, 0.5) is 17.6 Å². The van der Waals surface area contributed by atoms with E-state index >= 15 is 0 Å². The van der Waals surface area contributed by atoms with Gasteiger partial charge in [-0.3, -0.25) is 73.5 Å². The molecule has 0 saturated carbocycles. The lowest BCUT2D eigenvalue weighted by Gasteiger charge is -2.41. The van der Waals surface area contributed by atoms with Crippen molar-refractivity contribution < 1.29 is 27.0 Å². The number of ether oxygens (including phenoxy) is 2. The lowest BCUT2D eigenvalue weighted by atomic mass is 10.2. The fourth-order valence-corrected chi connectivity index (χ4v) is 11.6. The molecule has 0 aromatic carbocycles. The number of rotatable bonds is 22. The summed E-state index contributed by atoms with van der Waals surface area (Å²) in [6.45, 7) is 27.3. The average molecular weight is 1450 g/mol. The van der Waals surface area contributed by atoms with Crippen LogP contribution in [0.3, 0.4) is 0 Å². The highest BCUT2D eigenvalue weighted by atomic mass is 19.4. The van der Waals surface area contributed by atoms with E-state index in [-0.39, 0.29) is 25.7 Å². The Labute approximate surface area is 622 Å². The minimum absolute atomic E-state index is 0.0480. The van der Waals surface area contributed by atoms with Gasteiger partial charge < -0.3 is 9.47 Å². The molecule has 0 aliphatic carbocycles. The molecule has 32 heteroatoms. The molecule has 7 fully saturated rings. The summed E-state index contributed by atoms with van der Waals surface area (Å²) >= 11 is 0. The quantitative estimate of drug-likeness (QED) is 0.0627. The van der Waals surface area contributed by atoms with E-state index in [1.54, 1.807) is 9.80 Å². The summed E-state index contributed by atoms with van der Waals surface area (Å²) in [5.74, 6) is 15.3. The second kappa shape index (κ2) is 58.1. The van der Waals surface area contributed by atoms with E-state index in [2.05, 4.69) is 113 Å². The maximum absolute atomic E-state index is 13.3. The van der Waals surface area contributed by atoms with Crippen LogP contribution in [0, 0.1) is 199 Å².